The van der Waals surface area contributed by atoms with Crippen LogP contribution in [-0.2, 0) is 9.59 Å². The van der Waals surface area contributed by atoms with Crippen LogP contribution < -0.4 is 4.74 Å². The highest BCUT2D eigenvalue weighted by Crippen LogP contribution is 2.39. The van der Waals surface area contributed by atoms with E-state index in [1.54, 1.807) is 42.5 Å². The van der Waals surface area contributed by atoms with Gasteiger partial charge in [-0.2, -0.15) is 0 Å². The minimum absolute atomic E-state index is 0.0385. The number of likely N-dealkylation sites (tertiary alicyclic amines) is 1. The van der Waals surface area contributed by atoms with Crippen molar-refractivity contribution >= 4 is 17.4 Å². The van der Waals surface area contributed by atoms with Crippen LogP contribution in [0.5, 0.6) is 11.5 Å². The molecule has 1 unspecified atom stereocenters. The molecule has 1 amide bonds. The Bertz CT molecular complexity index is 962. The van der Waals surface area contributed by atoms with Crippen LogP contribution in [0.25, 0.3) is 5.76 Å². The number of aliphatic hydroxyl groups is 2. The van der Waals surface area contributed by atoms with Gasteiger partial charge in [-0.25, -0.2) is 0 Å². The maximum atomic E-state index is 12.8. The lowest BCUT2D eigenvalue weighted by molar-refractivity contribution is -0.140. The number of carbonyl (C=O) groups excluding carboxylic acids is 2. The minimum Gasteiger partial charge on any atom is -0.508 e. The van der Waals surface area contributed by atoms with Crippen molar-refractivity contribution in [2.24, 2.45) is 0 Å². The third kappa shape index (κ3) is 4.21. The molecule has 0 aliphatic carbocycles. The number of amides is 1. The summed E-state index contributed by atoms with van der Waals surface area (Å²) < 4.78 is 5.42. The summed E-state index contributed by atoms with van der Waals surface area (Å²) in [4.78, 5) is 26.8. The monoisotopic (exact) mass is 409 g/mol. The van der Waals surface area contributed by atoms with Crippen LogP contribution in [0.15, 0.2) is 66.8 Å². The van der Waals surface area contributed by atoms with E-state index in [2.05, 4.69) is 6.58 Å². The fourth-order valence-electron chi connectivity index (χ4n) is 3.37. The van der Waals surface area contributed by atoms with Gasteiger partial charge in [0.05, 0.1) is 11.6 Å². The molecule has 1 aliphatic heterocycles. The highest BCUT2D eigenvalue weighted by Gasteiger charge is 2.45. The maximum Gasteiger partial charge on any atom is 0.295 e. The van der Waals surface area contributed by atoms with Crippen LogP contribution in [0.2, 0.25) is 0 Å². The van der Waals surface area contributed by atoms with Crippen molar-refractivity contribution in [1.82, 2.24) is 4.90 Å². The number of phenols is 1. The van der Waals surface area contributed by atoms with E-state index in [-0.39, 0.29) is 36.7 Å². The zero-order chi connectivity index (χ0) is 21.7. The second-order valence-corrected chi connectivity index (χ2v) is 6.79. The van der Waals surface area contributed by atoms with Crippen LogP contribution in [0, 0.1) is 0 Å². The average molecular weight is 409 g/mol. The topological polar surface area (TPSA) is 107 Å². The van der Waals surface area contributed by atoms with Crippen molar-refractivity contribution in [3.05, 3.63) is 77.9 Å². The van der Waals surface area contributed by atoms with Gasteiger partial charge in [0, 0.05) is 18.7 Å². The summed E-state index contributed by atoms with van der Waals surface area (Å²) in [7, 11) is 0. The van der Waals surface area contributed by atoms with Gasteiger partial charge in [-0.05, 0) is 48.4 Å². The van der Waals surface area contributed by atoms with Gasteiger partial charge in [-0.1, -0.05) is 24.8 Å². The third-order valence-electron chi connectivity index (χ3n) is 4.80. The first-order valence-electron chi connectivity index (χ1n) is 9.50. The van der Waals surface area contributed by atoms with E-state index in [4.69, 9.17) is 4.74 Å². The summed E-state index contributed by atoms with van der Waals surface area (Å²) in [6, 6.07) is 11.8. The molecule has 0 radical (unpaired) electrons. The molecule has 1 atom stereocenters. The first kappa shape index (κ1) is 21.1. The predicted molar refractivity (Wildman–Crippen MR) is 111 cm³/mol. The van der Waals surface area contributed by atoms with Gasteiger partial charge in [0.1, 0.15) is 23.9 Å². The number of aromatic hydroxyl groups is 1. The van der Waals surface area contributed by atoms with E-state index in [1.165, 1.54) is 17.0 Å². The lowest BCUT2D eigenvalue weighted by Gasteiger charge is -2.25. The molecule has 30 heavy (non-hydrogen) atoms. The van der Waals surface area contributed by atoms with E-state index < -0.39 is 17.7 Å². The molecule has 7 heteroatoms. The summed E-state index contributed by atoms with van der Waals surface area (Å²) in [6.07, 6.45) is 1.90. The van der Waals surface area contributed by atoms with Crippen LogP contribution in [0.3, 0.4) is 0 Å². The van der Waals surface area contributed by atoms with Gasteiger partial charge in [0.2, 0.25) is 0 Å². The number of aliphatic hydroxyl groups excluding tert-OH is 2. The number of hydrogen-bond donors (Lipinski definition) is 3. The van der Waals surface area contributed by atoms with Crippen LogP contribution in [0.1, 0.15) is 23.6 Å². The van der Waals surface area contributed by atoms with Crippen LogP contribution in [-0.4, -0.2) is 51.7 Å². The number of hydrogen-bond acceptors (Lipinski definition) is 6. The largest absolute Gasteiger partial charge is 0.508 e. The van der Waals surface area contributed by atoms with E-state index in [0.717, 1.165) is 0 Å². The highest BCUT2D eigenvalue weighted by molar-refractivity contribution is 6.46. The molecule has 0 aromatic heterocycles. The molecular weight excluding hydrogens is 386 g/mol. The first-order chi connectivity index (χ1) is 14.5. The molecule has 1 heterocycles. The van der Waals surface area contributed by atoms with E-state index >= 15 is 0 Å². The summed E-state index contributed by atoms with van der Waals surface area (Å²) >= 11 is 0. The Hall–Kier alpha value is -3.58. The van der Waals surface area contributed by atoms with Crippen molar-refractivity contribution in [3.8, 4) is 11.5 Å². The van der Waals surface area contributed by atoms with Crippen LogP contribution in [0.4, 0.5) is 0 Å². The number of benzene rings is 2. The zero-order valence-electron chi connectivity index (χ0n) is 16.3. The zero-order valence-corrected chi connectivity index (χ0v) is 16.3. The molecule has 1 fully saturated rings. The summed E-state index contributed by atoms with van der Waals surface area (Å²) in [6.45, 7) is 3.93. The Morgan fingerprint density at radius 1 is 1.10 bits per heavy atom. The highest BCUT2D eigenvalue weighted by atomic mass is 16.5. The van der Waals surface area contributed by atoms with Crippen molar-refractivity contribution in [2.45, 2.75) is 12.5 Å². The van der Waals surface area contributed by atoms with E-state index in [1.807, 2.05) is 0 Å². The van der Waals surface area contributed by atoms with Crippen molar-refractivity contribution in [1.29, 1.82) is 0 Å². The second-order valence-electron chi connectivity index (χ2n) is 6.79. The first-order valence-corrected chi connectivity index (χ1v) is 9.50. The Kier molecular flexibility index (Phi) is 6.54. The molecule has 2 aromatic rings. The predicted octanol–water partition coefficient (Wildman–Crippen LogP) is 2.76. The number of rotatable bonds is 8. The van der Waals surface area contributed by atoms with E-state index in [0.29, 0.717) is 23.5 Å². The number of Topliss-reactive ketones (excluding diaryl/α,β-unsaturated/α-hetero) is 1. The molecule has 1 aliphatic rings. The molecule has 0 bridgehead atoms. The summed E-state index contributed by atoms with van der Waals surface area (Å²) in [5, 5.41) is 29.7. The quantitative estimate of drug-likeness (QED) is 0.268. The molecule has 2 aromatic carbocycles. The Morgan fingerprint density at radius 2 is 1.77 bits per heavy atom. The average Bonchev–Trinajstić information content (AvgIpc) is 3.01. The number of ketones is 1. The van der Waals surface area contributed by atoms with Gasteiger partial charge in [0.15, 0.2) is 0 Å². The van der Waals surface area contributed by atoms with Crippen molar-refractivity contribution < 1.29 is 29.6 Å². The standard InChI is InChI=1S/C23H23NO6/c1-2-14-30-18-10-6-16(7-11-18)21(27)19-20(15-4-8-17(26)9-5-15)24(12-3-13-25)23(29)22(19)28/h2,4-11,20,25-27H,1,3,12-14H2/b21-19-. The number of carbonyl (C=O) groups is 2. The minimum atomic E-state index is -0.825. The van der Waals surface area contributed by atoms with Crippen molar-refractivity contribution in [3.63, 3.8) is 0 Å². The van der Waals surface area contributed by atoms with Crippen LogP contribution >= 0.6 is 0 Å². The SMILES string of the molecule is C=CCOc1ccc(/C(O)=C2/C(=O)C(=O)N(CCCO)C2c2ccc(O)cc2)cc1. The lowest BCUT2D eigenvalue weighted by atomic mass is 9.95. The molecule has 7 nitrogen and oxygen atoms in total. The number of nitrogens with zero attached hydrogens (tertiary/aromatic N) is 1. The van der Waals surface area contributed by atoms with Gasteiger partial charge in [-0.3, -0.25) is 9.59 Å². The molecule has 1 saturated heterocycles. The smallest absolute Gasteiger partial charge is 0.295 e. The fraction of sp³-hybridized carbons (Fsp3) is 0.217. The van der Waals surface area contributed by atoms with Gasteiger partial charge in [-0.15, -0.1) is 0 Å². The molecule has 0 spiro atoms. The Morgan fingerprint density at radius 3 is 2.37 bits per heavy atom. The normalized spacial score (nSPS) is 17.9. The summed E-state index contributed by atoms with van der Waals surface area (Å²) in [5.41, 5.74) is 0.894. The van der Waals surface area contributed by atoms with Gasteiger partial charge in [0.25, 0.3) is 11.7 Å². The molecule has 3 rings (SSSR count). The van der Waals surface area contributed by atoms with Gasteiger partial charge < -0.3 is 25.0 Å². The number of phenolic OH excluding ortho intramolecular Hbond substituents is 1. The van der Waals surface area contributed by atoms with Gasteiger partial charge >= 0.3 is 0 Å². The Balaban J connectivity index is 2.05. The lowest BCUT2D eigenvalue weighted by Crippen LogP contribution is -2.31. The number of ether oxygens (including phenoxy) is 1. The summed E-state index contributed by atoms with van der Waals surface area (Å²) in [5.74, 6) is -1.22. The third-order valence-corrected chi connectivity index (χ3v) is 4.80. The maximum absolute atomic E-state index is 12.8. The van der Waals surface area contributed by atoms with E-state index in [9.17, 15) is 24.9 Å². The molecule has 156 valence electrons. The van der Waals surface area contributed by atoms with Crippen molar-refractivity contribution in [2.75, 3.05) is 19.8 Å². The Labute approximate surface area is 174 Å². The molecule has 3 N–H and O–H groups in total. The fourth-order valence-corrected chi connectivity index (χ4v) is 3.37. The molecular formula is C23H23NO6. The second kappa shape index (κ2) is 9.28. The molecule has 0 saturated carbocycles.